The molecule has 4 aromatic rings. The highest BCUT2D eigenvalue weighted by molar-refractivity contribution is 6.06. The molecule has 0 saturated carbocycles. The first-order chi connectivity index (χ1) is 16.7. The first-order valence-electron chi connectivity index (χ1n) is 11.4. The van der Waals surface area contributed by atoms with Gasteiger partial charge in [0.1, 0.15) is 5.70 Å². The fraction of sp³-hybridized carbons (Fsp3) is 0.143. The van der Waals surface area contributed by atoms with E-state index < -0.39 is 0 Å². The minimum atomic E-state index is -0.303. The van der Waals surface area contributed by atoms with Crippen LogP contribution in [-0.4, -0.2) is 47.9 Å². The van der Waals surface area contributed by atoms with E-state index in [0.717, 1.165) is 35.2 Å². The monoisotopic (exact) mass is 450 g/mol. The number of carbonyl (C=O) groups is 2. The van der Waals surface area contributed by atoms with Crippen molar-refractivity contribution >= 4 is 34.5 Å². The van der Waals surface area contributed by atoms with Crippen LogP contribution in [0.25, 0.3) is 17.0 Å². The summed E-state index contributed by atoms with van der Waals surface area (Å²) in [6, 6.07) is 27.1. The zero-order valence-electron chi connectivity index (χ0n) is 18.8. The zero-order valence-corrected chi connectivity index (χ0v) is 18.8. The summed E-state index contributed by atoms with van der Waals surface area (Å²) in [5, 5.41) is 3.88. The number of carbonyl (C=O) groups excluding carboxylic acids is 2. The number of hydrogen-bond acceptors (Lipinski definition) is 3. The van der Waals surface area contributed by atoms with E-state index in [2.05, 4.69) is 27.3 Å². The number of nitrogens with one attached hydrogen (secondary N) is 2. The highest BCUT2D eigenvalue weighted by atomic mass is 16.2. The number of piperazine rings is 1. The third-order valence-corrected chi connectivity index (χ3v) is 6.12. The Morgan fingerprint density at radius 3 is 2.18 bits per heavy atom. The van der Waals surface area contributed by atoms with Crippen molar-refractivity contribution in [1.82, 2.24) is 15.2 Å². The molecule has 2 amide bonds. The van der Waals surface area contributed by atoms with Gasteiger partial charge < -0.3 is 20.1 Å². The van der Waals surface area contributed by atoms with Gasteiger partial charge in [0.25, 0.3) is 11.8 Å². The van der Waals surface area contributed by atoms with Crippen molar-refractivity contribution in [3.05, 3.63) is 108 Å². The molecule has 0 bridgehead atoms. The van der Waals surface area contributed by atoms with Crippen LogP contribution >= 0.6 is 0 Å². The van der Waals surface area contributed by atoms with Crippen LogP contribution < -0.4 is 10.2 Å². The van der Waals surface area contributed by atoms with Gasteiger partial charge in [0.2, 0.25) is 0 Å². The number of para-hydroxylation sites is 2. The Hall–Kier alpha value is -4.32. The summed E-state index contributed by atoms with van der Waals surface area (Å²) in [6.45, 7) is 2.64. The van der Waals surface area contributed by atoms with Crippen molar-refractivity contribution in [2.45, 2.75) is 0 Å². The summed E-state index contributed by atoms with van der Waals surface area (Å²) < 4.78 is 0. The Morgan fingerprint density at radius 1 is 0.794 bits per heavy atom. The number of anilines is 1. The van der Waals surface area contributed by atoms with E-state index >= 15 is 0 Å². The summed E-state index contributed by atoms with van der Waals surface area (Å²) in [5.74, 6) is -0.481. The van der Waals surface area contributed by atoms with Crippen molar-refractivity contribution in [2.75, 3.05) is 31.1 Å². The van der Waals surface area contributed by atoms with Crippen LogP contribution in [0.5, 0.6) is 0 Å². The Bertz CT molecular complexity index is 1320. The second kappa shape index (κ2) is 9.67. The Labute approximate surface area is 198 Å². The zero-order chi connectivity index (χ0) is 23.3. The highest BCUT2D eigenvalue weighted by Gasteiger charge is 2.25. The molecule has 0 atom stereocenters. The largest absolute Gasteiger partial charge is 0.368 e. The molecule has 2 N–H and O–H groups in total. The lowest BCUT2D eigenvalue weighted by atomic mass is 10.1. The summed E-state index contributed by atoms with van der Waals surface area (Å²) in [6.07, 6.45) is 3.63. The van der Waals surface area contributed by atoms with Gasteiger partial charge in [-0.1, -0.05) is 54.6 Å². The van der Waals surface area contributed by atoms with Crippen molar-refractivity contribution in [3.8, 4) is 0 Å². The lowest BCUT2D eigenvalue weighted by Gasteiger charge is -2.36. The summed E-state index contributed by atoms with van der Waals surface area (Å²) in [7, 11) is 0. The van der Waals surface area contributed by atoms with E-state index in [1.807, 2.05) is 71.8 Å². The molecular weight excluding hydrogens is 424 g/mol. The van der Waals surface area contributed by atoms with E-state index in [0.29, 0.717) is 18.7 Å². The van der Waals surface area contributed by atoms with Crippen molar-refractivity contribution in [3.63, 3.8) is 0 Å². The predicted molar refractivity (Wildman–Crippen MR) is 135 cm³/mol. The number of aromatic nitrogens is 1. The molecule has 34 heavy (non-hydrogen) atoms. The molecule has 2 heterocycles. The SMILES string of the molecule is O=C(N/C(=C\c1c[nH]c2ccccc12)C(=O)N1CCN(c2ccccc2)CC1)c1ccccc1. The predicted octanol–water partition coefficient (Wildman–Crippen LogP) is 4.29. The van der Waals surface area contributed by atoms with Crippen molar-refractivity contribution < 1.29 is 9.59 Å². The van der Waals surface area contributed by atoms with Gasteiger partial charge in [0.15, 0.2) is 0 Å². The molecule has 1 aromatic heterocycles. The maximum absolute atomic E-state index is 13.6. The minimum absolute atomic E-state index is 0.178. The van der Waals surface area contributed by atoms with E-state index in [1.165, 1.54) is 0 Å². The lowest BCUT2D eigenvalue weighted by molar-refractivity contribution is -0.127. The van der Waals surface area contributed by atoms with Gasteiger partial charge in [0.05, 0.1) is 0 Å². The Kier molecular flexibility index (Phi) is 6.12. The number of amides is 2. The Morgan fingerprint density at radius 2 is 1.44 bits per heavy atom. The van der Waals surface area contributed by atoms with Crippen LogP contribution in [0, 0.1) is 0 Å². The molecule has 3 aromatic carbocycles. The molecule has 1 aliphatic heterocycles. The lowest BCUT2D eigenvalue weighted by Crippen LogP contribution is -2.50. The topological polar surface area (TPSA) is 68.4 Å². The summed E-state index contributed by atoms with van der Waals surface area (Å²) in [5.41, 5.74) is 3.77. The maximum Gasteiger partial charge on any atom is 0.270 e. The maximum atomic E-state index is 13.6. The summed E-state index contributed by atoms with van der Waals surface area (Å²) >= 11 is 0. The van der Waals surface area contributed by atoms with Gasteiger partial charge in [-0.2, -0.15) is 0 Å². The van der Waals surface area contributed by atoms with Gasteiger partial charge in [-0.15, -0.1) is 0 Å². The molecule has 1 aliphatic rings. The number of hydrogen-bond donors (Lipinski definition) is 2. The van der Waals surface area contributed by atoms with Crippen LogP contribution in [-0.2, 0) is 4.79 Å². The van der Waals surface area contributed by atoms with E-state index in [1.54, 1.807) is 18.2 Å². The van der Waals surface area contributed by atoms with Gasteiger partial charge in [0, 0.05) is 60.1 Å². The normalized spacial score (nSPS) is 14.3. The van der Waals surface area contributed by atoms with Gasteiger partial charge in [-0.05, 0) is 36.4 Å². The van der Waals surface area contributed by atoms with Crippen LogP contribution in [0.15, 0.2) is 96.8 Å². The van der Waals surface area contributed by atoms with Gasteiger partial charge in [-0.25, -0.2) is 0 Å². The van der Waals surface area contributed by atoms with Gasteiger partial charge >= 0.3 is 0 Å². The third kappa shape index (κ3) is 4.57. The standard InChI is InChI=1S/C28H26N4O2/c33-27(21-9-3-1-4-10-21)30-26(19-22-20-29-25-14-8-7-13-24(22)25)28(34)32-17-15-31(16-18-32)23-11-5-2-6-12-23/h1-14,19-20,29H,15-18H2,(H,30,33)/b26-19-. The first kappa shape index (κ1) is 21.5. The molecule has 0 unspecified atom stereocenters. The van der Waals surface area contributed by atoms with E-state index in [-0.39, 0.29) is 17.5 Å². The third-order valence-electron chi connectivity index (χ3n) is 6.12. The average Bonchev–Trinajstić information content (AvgIpc) is 3.32. The number of H-pyrrole nitrogens is 1. The second-order valence-corrected chi connectivity index (χ2v) is 8.28. The molecule has 1 saturated heterocycles. The molecule has 0 aliphatic carbocycles. The molecule has 170 valence electrons. The first-order valence-corrected chi connectivity index (χ1v) is 11.4. The molecule has 0 spiro atoms. The number of aromatic amines is 1. The van der Waals surface area contributed by atoms with Crippen LogP contribution in [0.2, 0.25) is 0 Å². The molecule has 5 rings (SSSR count). The molecule has 6 nitrogen and oxygen atoms in total. The second-order valence-electron chi connectivity index (χ2n) is 8.28. The number of benzene rings is 3. The van der Waals surface area contributed by atoms with Crippen LogP contribution in [0.4, 0.5) is 5.69 Å². The fourth-order valence-corrected chi connectivity index (χ4v) is 4.28. The minimum Gasteiger partial charge on any atom is -0.368 e. The highest BCUT2D eigenvalue weighted by Crippen LogP contribution is 2.22. The van der Waals surface area contributed by atoms with Crippen molar-refractivity contribution in [2.24, 2.45) is 0 Å². The number of fused-ring (bicyclic) bond motifs is 1. The van der Waals surface area contributed by atoms with E-state index in [9.17, 15) is 9.59 Å². The average molecular weight is 451 g/mol. The van der Waals surface area contributed by atoms with Crippen molar-refractivity contribution in [1.29, 1.82) is 0 Å². The van der Waals surface area contributed by atoms with Crippen LogP contribution in [0.1, 0.15) is 15.9 Å². The van der Waals surface area contributed by atoms with Gasteiger partial charge in [-0.3, -0.25) is 9.59 Å². The van der Waals surface area contributed by atoms with E-state index in [4.69, 9.17) is 0 Å². The van der Waals surface area contributed by atoms with Crippen LogP contribution in [0.3, 0.4) is 0 Å². The molecular formula is C28H26N4O2. The Balaban J connectivity index is 1.40. The molecule has 1 fully saturated rings. The number of nitrogens with zero attached hydrogens (tertiary/aromatic N) is 2. The number of rotatable bonds is 5. The molecule has 0 radical (unpaired) electrons. The fourth-order valence-electron chi connectivity index (χ4n) is 4.28. The summed E-state index contributed by atoms with van der Waals surface area (Å²) in [4.78, 5) is 33.8. The molecule has 6 heteroatoms. The quantitative estimate of drug-likeness (QED) is 0.446. The smallest absolute Gasteiger partial charge is 0.270 e.